The van der Waals surface area contributed by atoms with Crippen molar-refractivity contribution in [2.75, 3.05) is 19.4 Å². The van der Waals surface area contributed by atoms with Gasteiger partial charge in [0.15, 0.2) is 15.6 Å². The largest absolute Gasteiger partial charge is 0.485 e. The van der Waals surface area contributed by atoms with Crippen LogP contribution < -0.4 is 10.5 Å². The van der Waals surface area contributed by atoms with E-state index < -0.39 is 14.8 Å². The van der Waals surface area contributed by atoms with Gasteiger partial charge in [0.25, 0.3) is 0 Å². The van der Waals surface area contributed by atoms with Crippen LogP contribution in [0.15, 0.2) is 23.1 Å². The molecule has 1 aromatic carbocycles. The van der Waals surface area contributed by atoms with Gasteiger partial charge in [-0.05, 0) is 12.1 Å². The second-order valence-corrected chi connectivity index (χ2v) is 5.31. The van der Waals surface area contributed by atoms with Crippen molar-refractivity contribution in [1.82, 2.24) is 0 Å². The Hall–Kier alpha value is -1.67. The lowest BCUT2D eigenvalue weighted by Crippen LogP contribution is -2.11. The summed E-state index contributed by atoms with van der Waals surface area (Å²) in [5.74, 6) is 0.00727. The smallest absolute Gasteiger partial charge is 0.312 e. The van der Waals surface area contributed by atoms with E-state index >= 15 is 0 Å². The Kier molecular flexibility index (Phi) is 4.02. The predicted molar refractivity (Wildman–Crippen MR) is 60.8 cm³/mol. The van der Waals surface area contributed by atoms with Crippen molar-refractivity contribution in [2.24, 2.45) is 5.73 Å². The number of rotatable bonds is 5. The molecule has 1 aromatic rings. The minimum atomic E-state index is -3.48. The molecule has 0 aliphatic heterocycles. The van der Waals surface area contributed by atoms with Crippen LogP contribution >= 0.6 is 0 Å². The lowest BCUT2D eigenvalue weighted by molar-refractivity contribution is -0.386. The molecule has 0 bridgehead atoms. The normalized spacial score (nSPS) is 11.2. The lowest BCUT2D eigenvalue weighted by atomic mass is 10.3. The summed E-state index contributed by atoms with van der Waals surface area (Å²) in [4.78, 5) is 9.95. The van der Waals surface area contributed by atoms with Gasteiger partial charge >= 0.3 is 5.69 Å². The summed E-state index contributed by atoms with van der Waals surface area (Å²) in [7, 11) is -3.48. The van der Waals surface area contributed by atoms with Gasteiger partial charge in [0.05, 0.1) is 9.82 Å². The molecule has 0 unspecified atom stereocenters. The highest BCUT2D eigenvalue weighted by atomic mass is 32.2. The zero-order valence-corrected chi connectivity index (χ0v) is 9.94. The molecule has 0 aliphatic carbocycles. The first-order valence-electron chi connectivity index (χ1n) is 4.67. The molecule has 0 saturated heterocycles. The van der Waals surface area contributed by atoms with Gasteiger partial charge in [0.2, 0.25) is 0 Å². The fourth-order valence-electron chi connectivity index (χ4n) is 1.16. The van der Waals surface area contributed by atoms with Crippen LogP contribution in [0.4, 0.5) is 5.69 Å². The van der Waals surface area contributed by atoms with E-state index in [0.29, 0.717) is 0 Å². The van der Waals surface area contributed by atoms with E-state index in [0.717, 1.165) is 12.3 Å². The van der Waals surface area contributed by atoms with Gasteiger partial charge in [-0.2, -0.15) is 0 Å². The second kappa shape index (κ2) is 5.11. The number of nitro benzene ring substituents is 1. The van der Waals surface area contributed by atoms with Gasteiger partial charge in [0, 0.05) is 18.9 Å². The van der Waals surface area contributed by atoms with Gasteiger partial charge in [0.1, 0.15) is 6.61 Å². The van der Waals surface area contributed by atoms with Crippen LogP contribution in [0.1, 0.15) is 0 Å². The first kappa shape index (κ1) is 13.4. The maximum Gasteiger partial charge on any atom is 0.312 e. The van der Waals surface area contributed by atoms with Crippen LogP contribution in [0.25, 0.3) is 0 Å². The molecule has 0 heterocycles. The van der Waals surface area contributed by atoms with Crippen molar-refractivity contribution in [1.29, 1.82) is 0 Å². The third-order valence-electron chi connectivity index (χ3n) is 1.93. The summed E-state index contributed by atoms with van der Waals surface area (Å²) in [6.07, 6.45) is 0.979. The molecule has 0 saturated carbocycles. The summed E-state index contributed by atoms with van der Waals surface area (Å²) in [5.41, 5.74) is 4.82. The molecule has 1 rings (SSSR count). The quantitative estimate of drug-likeness (QED) is 0.603. The summed E-state index contributed by atoms with van der Waals surface area (Å²) in [6.45, 7) is 0.337. The van der Waals surface area contributed by atoms with Crippen molar-refractivity contribution in [3.8, 4) is 5.75 Å². The van der Waals surface area contributed by atoms with Crippen molar-refractivity contribution >= 4 is 15.5 Å². The molecule has 0 amide bonds. The van der Waals surface area contributed by atoms with Crippen molar-refractivity contribution in [3.05, 3.63) is 28.3 Å². The summed E-state index contributed by atoms with van der Waals surface area (Å²) >= 11 is 0. The average molecular weight is 260 g/mol. The monoisotopic (exact) mass is 260 g/mol. The Morgan fingerprint density at radius 3 is 2.59 bits per heavy atom. The third-order valence-corrected chi connectivity index (χ3v) is 3.04. The van der Waals surface area contributed by atoms with Crippen molar-refractivity contribution < 1.29 is 18.1 Å². The summed E-state index contributed by atoms with van der Waals surface area (Å²) in [5, 5.41) is 10.8. The molecular weight excluding hydrogens is 248 g/mol. The van der Waals surface area contributed by atoms with Gasteiger partial charge in [-0.1, -0.05) is 0 Å². The molecule has 8 heteroatoms. The fraction of sp³-hybridized carbons (Fsp3) is 0.333. The molecule has 7 nitrogen and oxygen atoms in total. The SMILES string of the molecule is CS(=O)(=O)c1ccc(OCCN)c([N+](=O)[O-])c1. The Labute approximate surface area is 98.3 Å². The van der Waals surface area contributed by atoms with Crippen LogP contribution in [-0.4, -0.2) is 32.7 Å². The average Bonchev–Trinajstić information content (AvgIpc) is 2.24. The van der Waals surface area contributed by atoms with Crippen LogP contribution in [0.5, 0.6) is 5.75 Å². The van der Waals surface area contributed by atoms with Gasteiger partial charge in [-0.3, -0.25) is 10.1 Å². The van der Waals surface area contributed by atoms with Crippen LogP contribution in [0.3, 0.4) is 0 Å². The molecular formula is C9H12N2O5S. The minimum Gasteiger partial charge on any atom is -0.485 e. The zero-order valence-electron chi connectivity index (χ0n) is 9.12. The first-order chi connectivity index (χ1) is 7.86. The van der Waals surface area contributed by atoms with E-state index in [-0.39, 0.29) is 29.5 Å². The Bertz CT molecular complexity index is 526. The standard InChI is InChI=1S/C9H12N2O5S/c1-17(14,15)7-2-3-9(16-5-4-10)8(6-7)11(12)13/h2-3,6H,4-5,10H2,1H3. The molecule has 0 radical (unpaired) electrons. The number of nitro groups is 1. The maximum atomic E-state index is 11.2. The van der Waals surface area contributed by atoms with E-state index in [1.807, 2.05) is 0 Å². The maximum absolute atomic E-state index is 11.2. The molecule has 0 aliphatic rings. The number of nitrogens with two attached hydrogens (primary N) is 1. The van der Waals surface area contributed by atoms with Gasteiger partial charge in [-0.25, -0.2) is 8.42 Å². The lowest BCUT2D eigenvalue weighted by Gasteiger charge is -2.06. The number of ether oxygens (including phenoxy) is 1. The zero-order chi connectivity index (χ0) is 13.1. The van der Waals surface area contributed by atoms with Crippen LogP contribution in [0, 0.1) is 10.1 Å². The van der Waals surface area contributed by atoms with E-state index in [4.69, 9.17) is 10.5 Å². The minimum absolute atomic E-state index is 0.00727. The number of nitrogens with zero attached hydrogens (tertiary/aromatic N) is 1. The van der Waals surface area contributed by atoms with Crippen molar-refractivity contribution in [2.45, 2.75) is 4.90 Å². The van der Waals surface area contributed by atoms with Crippen molar-refractivity contribution in [3.63, 3.8) is 0 Å². The summed E-state index contributed by atoms with van der Waals surface area (Å²) < 4.78 is 27.6. The number of hydrogen-bond donors (Lipinski definition) is 1. The van der Waals surface area contributed by atoms with E-state index in [1.165, 1.54) is 12.1 Å². The predicted octanol–water partition coefficient (Wildman–Crippen LogP) is 0.336. The topological polar surface area (TPSA) is 113 Å². The third kappa shape index (κ3) is 3.40. The second-order valence-electron chi connectivity index (χ2n) is 3.30. The number of hydrogen-bond acceptors (Lipinski definition) is 6. The van der Waals surface area contributed by atoms with E-state index in [9.17, 15) is 18.5 Å². The highest BCUT2D eigenvalue weighted by Crippen LogP contribution is 2.29. The molecule has 94 valence electrons. The fourth-order valence-corrected chi connectivity index (χ4v) is 1.80. The number of sulfone groups is 1. The van der Waals surface area contributed by atoms with Crippen LogP contribution in [0.2, 0.25) is 0 Å². The number of benzene rings is 1. The Morgan fingerprint density at radius 2 is 2.12 bits per heavy atom. The molecule has 0 atom stereocenters. The Morgan fingerprint density at radius 1 is 1.47 bits per heavy atom. The first-order valence-corrected chi connectivity index (χ1v) is 6.56. The Balaban J connectivity index is 3.22. The van der Waals surface area contributed by atoms with Crippen LogP contribution in [-0.2, 0) is 9.84 Å². The molecule has 0 fully saturated rings. The summed E-state index contributed by atoms with van der Waals surface area (Å²) in [6, 6.07) is 3.49. The van der Waals surface area contributed by atoms with Gasteiger partial charge in [-0.15, -0.1) is 0 Å². The highest BCUT2D eigenvalue weighted by molar-refractivity contribution is 7.90. The molecule has 0 aromatic heterocycles. The van der Waals surface area contributed by atoms with E-state index in [1.54, 1.807) is 0 Å². The van der Waals surface area contributed by atoms with E-state index in [2.05, 4.69) is 0 Å². The molecule has 0 spiro atoms. The highest BCUT2D eigenvalue weighted by Gasteiger charge is 2.19. The van der Waals surface area contributed by atoms with Gasteiger partial charge < -0.3 is 10.5 Å². The molecule has 2 N–H and O–H groups in total. The molecule has 17 heavy (non-hydrogen) atoms.